The first kappa shape index (κ1) is 23.6. The van der Waals surface area contributed by atoms with Crippen LogP contribution >= 0.6 is 0 Å². The van der Waals surface area contributed by atoms with E-state index in [4.69, 9.17) is 9.40 Å². The second-order valence-corrected chi connectivity index (χ2v) is 10.8. The van der Waals surface area contributed by atoms with Gasteiger partial charge < -0.3 is 8.98 Å². The summed E-state index contributed by atoms with van der Waals surface area (Å²) in [6.45, 7) is 0. The lowest BCUT2D eigenvalue weighted by Gasteiger charge is -2.10. The fourth-order valence-electron chi connectivity index (χ4n) is 6.32. The lowest BCUT2D eigenvalue weighted by atomic mass is 9.99. The molecule has 5 heteroatoms. The third-order valence-electron chi connectivity index (χ3n) is 8.36. The van der Waals surface area contributed by atoms with Crippen molar-refractivity contribution in [3.05, 3.63) is 139 Å². The van der Waals surface area contributed by atoms with Gasteiger partial charge in [0.25, 0.3) is 0 Å². The highest BCUT2D eigenvalue weighted by atomic mass is 16.3. The van der Waals surface area contributed by atoms with Crippen molar-refractivity contribution < 1.29 is 4.42 Å². The maximum Gasteiger partial charge on any atom is 0.232 e. The molecule has 0 bridgehead atoms. The van der Waals surface area contributed by atoms with Crippen LogP contribution in [0.5, 0.6) is 0 Å². The number of rotatable bonds is 3. The molecular weight excluding hydrogens is 528 g/mol. The van der Waals surface area contributed by atoms with Crippen molar-refractivity contribution in [3.63, 3.8) is 0 Å². The minimum Gasteiger partial charge on any atom is -0.437 e. The molecule has 43 heavy (non-hydrogen) atoms. The van der Waals surface area contributed by atoms with Crippen LogP contribution in [-0.2, 0) is 0 Å². The number of hydrogen-bond donors (Lipinski definition) is 0. The van der Waals surface area contributed by atoms with Gasteiger partial charge >= 0.3 is 0 Å². The second kappa shape index (κ2) is 8.94. The Hall–Kier alpha value is -6.12. The van der Waals surface area contributed by atoms with Crippen LogP contribution in [0.1, 0.15) is 5.56 Å². The zero-order valence-electron chi connectivity index (χ0n) is 22.9. The van der Waals surface area contributed by atoms with Crippen molar-refractivity contribution in [1.29, 1.82) is 5.26 Å². The molecule has 0 aliphatic rings. The van der Waals surface area contributed by atoms with E-state index in [2.05, 4.69) is 89.6 Å². The zero-order chi connectivity index (χ0) is 28.5. The van der Waals surface area contributed by atoms with Gasteiger partial charge in [-0.2, -0.15) is 5.26 Å². The van der Waals surface area contributed by atoms with Crippen LogP contribution in [-0.4, -0.2) is 14.0 Å². The van der Waals surface area contributed by atoms with Crippen molar-refractivity contribution >= 4 is 49.7 Å². The van der Waals surface area contributed by atoms with Gasteiger partial charge in [0.15, 0.2) is 0 Å². The fourth-order valence-corrected chi connectivity index (χ4v) is 6.32. The first-order valence-corrected chi connectivity index (χ1v) is 14.2. The fraction of sp³-hybridized carbons (Fsp3) is 0. The lowest BCUT2D eigenvalue weighted by Crippen LogP contribution is -1.94. The number of imidazole rings is 1. The van der Waals surface area contributed by atoms with Gasteiger partial charge in [0.1, 0.15) is 16.7 Å². The van der Waals surface area contributed by atoms with Gasteiger partial charge in [-0.05, 0) is 82.9 Å². The van der Waals surface area contributed by atoms with Crippen molar-refractivity contribution in [3.8, 4) is 34.0 Å². The molecule has 0 saturated heterocycles. The standard InChI is InChI=1S/C38H22N4O/c39-22-24-13-16-30-31-17-14-27(21-34(31)42(33(30)19-24)29-9-2-1-3-10-29)25-7-6-8-26(20-25)28-15-18-36-40-37-32-11-4-5-12-35(32)43-38(37)41(36)23-28/h1-21,23H. The highest BCUT2D eigenvalue weighted by molar-refractivity contribution is 6.10. The molecule has 0 atom stereocenters. The van der Waals surface area contributed by atoms with Crippen molar-refractivity contribution in [2.75, 3.05) is 0 Å². The van der Waals surface area contributed by atoms with Crippen LogP contribution in [0.3, 0.4) is 0 Å². The number of fused-ring (bicyclic) bond motifs is 8. The number of pyridine rings is 1. The summed E-state index contributed by atoms with van der Waals surface area (Å²) in [6, 6.07) is 46.0. The Balaban J connectivity index is 1.20. The van der Waals surface area contributed by atoms with E-state index >= 15 is 0 Å². The van der Waals surface area contributed by atoms with E-state index in [0.29, 0.717) is 5.56 Å². The topological polar surface area (TPSA) is 59.2 Å². The monoisotopic (exact) mass is 550 g/mol. The average molecular weight is 551 g/mol. The quantitative estimate of drug-likeness (QED) is 0.220. The largest absolute Gasteiger partial charge is 0.437 e. The van der Waals surface area contributed by atoms with Gasteiger partial charge in [-0.25, -0.2) is 4.98 Å². The first-order valence-electron chi connectivity index (χ1n) is 14.2. The van der Waals surface area contributed by atoms with E-state index in [0.717, 1.165) is 77.6 Å². The minimum atomic E-state index is 0.648. The Morgan fingerprint density at radius 3 is 2.19 bits per heavy atom. The minimum absolute atomic E-state index is 0.648. The van der Waals surface area contributed by atoms with E-state index < -0.39 is 0 Å². The molecule has 0 aliphatic heterocycles. The maximum absolute atomic E-state index is 9.61. The van der Waals surface area contributed by atoms with Gasteiger partial charge in [0, 0.05) is 28.0 Å². The maximum atomic E-state index is 9.61. The molecule has 0 radical (unpaired) electrons. The van der Waals surface area contributed by atoms with Gasteiger partial charge in [0.2, 0.25) is 5.71 Å². The zero-order valence-corrected chi connectivity index (χ0v) is 22.9. The number of para-hydroxylation sites is 2. The second-order valence-electron chi connectivity index (χ2n) is 10.8. The molecule has 4 heterocycles. The van der Waals surface area contributed by atoms with Crippen LogP contribution in [0.15, 0.2) is 138 Å². The summed E-state index contributed by atoms with van der Waals surface area (Å²) in [5, 5.41) is 12.9. The summed E-state index contributed by atoms with van der Waals surface area (Å²) in [4.78, 5) is 4.84. The smallest absolute Gasteiger partial charge is 0.232 e. The molecular formula is C38H22N4O. The normalized spacial score (nSPS) is 11.7. The number of hydrogen-bond acceptors (Lipinski definition) is 3. The van der Waals surface area contributed by atoms with Crippen LogP contribution in [0.2, 0.25) is 0 Å². The predicted molar refractivity (Wildman–Crippen MR) is 172 cm³/mol. The number of benzene rings is 5. The summed E-state index contributed by atoms with van der Waals surface area (Å²) in [5.74, 6) is 0. The van der Waals surface area contributed by atoms with Crippen molar-refractivity contribution in [2.24, 2.45) is 0 Å². The molecule has 0 N–H and O–H groups in total. The molecule has 5 nitrogen and oxygen atoms in total. The Kier molecular flexibility index (Phi) is 4.90. The van der Waals surface area contributed by atoms with E-state index in [1.54, 1.807) is 0 Å². The summed E-state index contributed by atoms with van der Waals surface area (Å²) < 4.78 is 10.5. The van der Waals surface area contributed by atoms with Crippen LogP contribution in [0, 0.1) is 11.3 Å². The van der Waals surface area contributed by atoms with Gasteiger partial charge in [0.05, 0.1) is 22.7 Å². The molecule has 0 fully saturated rings. The Bertz CT molecular complexity index is 2580. The van der Waals surface area contributed by atoms with E-state index in [1.165, 1.54) is 0 Å². The van der Waals surface area contributed by atoms with Gasteiger partial charge in [-0.3, -0.25) is 4.40 Å². The lowest BCUT2D eigenvalue weighted by molar-refractivity contribution is 0.649. The van der Waals surface area contributed by atoms with Crippen LogP contribution < -0.4 is 0 Å². The Labute approximate surface area is 246 Å². The number of nitriles is 1. The molecule has 0 amide bonds. The van der Waals surface area contributed by atoms with Gasteiger partial charge in [-0.1, -0.05) is 66.7 Å². The van der Waals surface area contributed by atoms with E-state index in [9.17, 15) is 5.26 Å². The average Bonchev–Trinajstić information content (AvgIpc) is 3.72. The van der Waals surface area contributed by atoms with E-state index in [1.807, 2.05) is 59.0 Å². The van der Waals surface area contributed by atoms with Gasteiger partial charge in [-0.15, -0.1) is 0 Å². The molecule has 5 aromatic carbocycles. The molecule has 200 valence electrons. The Morgan fingerprint density at radius 2 is 1.33 bits per heavy atom. The summed E-state index contributed by atoms with van der Waals surface area (Å²) in [7, 11) is 0. The SMILES string of the molecule is N#Cc1ccc2c3ccc(-c4cccc(-c5ccc6nc7c8ccccc8oc7n6c5)c4)cc3n(-c3ccccc3)c2c1. The summed E-state index contributed by atoms with van der Waals surface area (Å²) >= 11 is 0. The third kappa shape index (κ3) is 3.54. The van der Waals surface area contributed by atoms with Crippen LogP contribution in [0.25, 0.3) is 77.6 Å². The number of aromatic nitrogens is 3. The number of nitrogens with zero attached hydrogens (tertiary/aromatic N) is 4. The highest BCUT2D eigenvalue weighted by Gasteiger charge is 2.16. The molecule has 0 spiro atoms. The van der Waals surface area contributed by atoms with Crippen molar-refractivity contribution in [1.82, 2.24) is 14.0 Å². The molecule has 9 aromatic rings. The molecule has 0 unspecified atom stereocenters. The molecule has 9 rings (SSSR count). The first-order chi connectivity index (χ1) is 21.2. The highest BCUT2D eigenvalue weighted by Crippen LogP contribution is 2.36. The third-order valence-corrected chi connectivity index (χ3v) is 8.36. The number of furan rings is 1. The van der Waals surface area contributed by atoms with Crippen molar-refractivity contribution in [2.45, 2.75) is 0 Å². The molecule has 0 saturated carbocycles. The Morgan fingerprint density at radius 1 is 0.605 bits per heavy atom. The molecule has 4 aromatic heterocycles. The van der Waals surface area contributed by atoms with E-state index in [-0.39, 0.29) is 0 Å². The summed E-state index contributed by atoms with van der Waals surface area (Å²) in [6.07, 6.45) is 2.11. The summed E-state index contributed by atoms with van der Waals surface area (Å²) in [5.41, 5.74) is 11.6. The van der Waals surface area contributed by atoms with Crippen LogP contribution in [0.4, 0.5) is 0 Å². The molecule has 0 aliphatic carbocycles. The predicted octanol–water partition coefficient (Wildman–Crippen LogP) is 9.54.